The summed E-state index contributed by atoms with van der Waals surface area (Å²) >= 11 is 0. The predicted molar refractivity (Wildman–Crippen MR) is 122 cm³/mol. The smallest absolute Gasteiger partial charge is 0.255 e. The molecule has 0 aliphatic carbocycles. The van der Waals surface area contributed by atoms with Gasteiger partial charge < -0.3 is 15.2 Å². The number of halogens is 1. The van der Waals surface area contributed by atoms with Crippen LogP contribution in [-0.2, 0) is 13.5 Å². The molecule has 7 heteroatoms. The number of fused-ring (bicyclic) bond motifs is 1. The molecule has 0 spiro atoms. The van der Waals surface area contributed by atoms with Crippen molar-refractivity contribution < 1.29 is 14.0 Å². The number of anilines is 1. The van der Waals surface area contributed by atoms with Gasteiger partial charge in [-0.1, -0.05) is 24.3 Å². The SMILES string of the molecule is Cc1ccccc1C(=O)Nc1ccc2c(c1)nc(CCNC(=O)c1cccc(F)c1)n2C. The number of rotatable bonds is 6. The Balaban J connectivity index is 1.44. The van der Waals surface area contributed by atoms with Crippen molar-refractivity contribution in [3.8, 4) is 0 Å². The first-order chi connectivity index (χ1) is 15.4. The van der Waals surface area contributed by atoms with E-state index in [0.717, 1.165) is 22.4 Å². The number of carbonyl (C=O) groups excluding carboxylic acids is 2. The molecule has 4 aromatic rings. The van der Waals surface area contributed by atoms with Crippen molar-refractivity contribution in [1.82, 2.24) is 14.9 Å². The predicted octanol–water partition coefficient (Wildman–Crippen LogP) is 4.25. The molecule has 3 aromatic carbocycles. The molecule has 162 valence electrons. The van der Waals surface area contributed by atoms with Gasteiger partial charge in [-0.2, -0.15) is 0 Å². The number of hydrogen-bond acceptors (Lipinski definition) is 3. The maximum absolute atomic E-state index is 13.3. The van der Waals surface area contributed by atoms with Crippen molar-refractivity contribution in [1.29, 1.82) is 0 Å². The van der Waals surface area contributed by atoms with Gasteiger partial charge >= 0.3 is 0 Å². The van der Waals surface area contributed by atoms with Crippen LogP contribution in [0.2, 0.25) is 0 Å². The van der Waals surface area contributed by atoms with Gasteiger partial charge in [-0.05, 0) is 55.0 Å². The van der Waals surface area contributed by atoms with Crippen LogP contribution in [0.4, 0.5) is 10.1 Å². The van der Waals surface area contributed by atoms with E-state index in [-0.39, 0.29) is 17.4 Å². The normalized spacial score (nSPS) is 10.8. The fraction of sp³-hybridized carbons (Fsp3) is 0.160. The first kappa shape index (κ1) is 21.2. The topological polar surface area (TPSA) is 76.0 Å². The zero-order valence-corrected chi connectivity index (χ0v) is 17.9. The minimum absolute atomic E-state index is 0.168. The van der Waals surface area contributed by atoms with Crippen LogP contribution in [0.15, 0.2) is 66.7 Å². The lowest BCUT2D eigenvalue weighted by Crippen LogP contribution is -2.26. The number of amides is 2. The van der Waals surface area contributed by atoms with Crippen LogP contribution >= 0.6 is 0 Å². The average Bonchev–Trinajstić information content (AvgIpc) is 3.08. The Bertz CT molecular complexity index is 1310. The molecule has 2 N–H and O–H groups in total. The number of hydrogen-bond donors (Lipinski definition) is 2. The summed E-state index contributed by atoms with van der Waals surface area (Å²) < 4.78 is 15.2. The molecule has 0 unspecified atom stereocenters. The quantitative estimate of drug-likeness (QED) is 0.480. The van der Waals surface area contributed by atoms with Crippen molar-refractivity contribution in [2.75, 3.05) is 11.9 Å². The summed E-state index contributed by atoms with van der Waals surface area (Å²) in [5, 5.41) is 5.72. The summed E-state index contributed by atoms with van der Waals surface area (Å²) in [5.74, 6) is -0.150. The average molecular weight is 430 g/mol. The van der Waals surface area contributed by atoms with Gasteiger partial charge in [0.05, 0.1) is 11.0 Å². The summed E-state index contributed by atoms with van der Waals surface area (Å²) in [4.78, 5) is 29.4. The zero-order valence-electron chi connectivity index (χ0n) is 17.9. The van der Waals surface area contributed by atoms with Crippen molar-refractivity contribution in [3.05, 3.63) is 95.1 Å². The molecule has 32 heavy (non-hydrogen) atoms. The molecule has 2 amide bonds. The standard InChI is InChI=1S/C25H23FN4O2/c1-16-6-3-4-9-20(16)25(32)28-19-10-11-22-21(15-19)29-23(30(22)2)12-13-27-24(31)17-7-5-8-18(26)14-17/h3-11,14-15H,12-13H2,1-2H3,(H,27,31)(H,28,32). The highest BCUT2D eigenvalue weighted by atomic mass is 19.1. The maximum Gasteiger partial charge on any atom is 0.255 e. The Kier molecular flexibility index (Phi) is 5.98. The second-order valence-electron chi connectivity index (χ2n) is 7.58. The molecule has 0 saturated carbocycles. The van der Waals surface area contributed by atoms with E-state index in [1.807, 2.05) is 54.9 Å². The van der Waals surface area contributed by atoms with Crippen LogP contribution in [0.5, 0.6) is 0 Å². The van der Waals surface area contributed by atoms with E-state index < -0.39 is 5.82 Å². The van der Waals surface area contributed by atoms with Crippen LogP contribution < -0.4 is 10.6 Å². The van der Waals surface area contributed by atoms with Crippen molar-refractivity contribution in [3.63, 3.8) is 0 Å². The Morgan fingerprint density at radius 3 is 2.59 bits per heavy atom. The highest BCUT2D eigenvalue weighted by molar-refractivity contribution is 6.05. The van der Waals surface area contributed by atoms with Crippen molar-refractivity contribution >= 4 is 28.5 Å². The summed E-state index contributed by atoms with van der Waals surface area (Å²) in [7, 11) is 1.91. The molecule has 0 atom stereocenters. The van der Waals surface area contributed by atoms with Gasteiger partial charge in [0.25, 0.3) is 11.8 Å². The molecule has 6 nitrogen and oxygen atoms in total. The van der Waals surface area contributed by atoms with Crippen LogP contribution in [0.25, 0.3) is 11.0 Å². The second kappa shape index (κ2) is 9.01. The summed E-state index contributed by atoms with van der Waals surface area (Å²) in [6, 6.07) is 18.6. The minimum atomic E-state index is -0.446. The molecule has 0 bridgehead atoms. The van der Waals surface area contributed by atoms with E-state index in [9.17, 15) is 14.0 Å². The fourth-order valence-electron chi connectivity index (χ4n) is 3.60. The maximum atomic E-state index is 13.3. The first-order valence-corrected chi connectivity index (χ1v) is 10.3. The lowest BCUT2D eigenvalue weighted by molar-refractivity contribution is 0.0952. The Morgan fingerprint density at radius 1 is 1.00 bits per heavy atom. The van der Waals surface area contributed by atoms with Crippen molar-refractivity contribution in [2.45, 2.75) is 13.3 Å². The highest BCUT2D eigenvalue weighted by Crippen LogP contribution is 2.21. The second-order valence-corrected chi connectivity index (χ2v) is 7.58. The largest absolute Gasteiger partial charge is 0.352 e. The summed E-state index contributed by atoms with van der Waals surface area (Å²) in [6.07, 6.45) is 0.511. The fourth-order valence-corrected chi connectivity index (χ4v) is 3.60. The molecule has 0 radical (unpaired) electrons. The summed E-state index contributed by atoms with van der Waals surface area (Å²) in [5.41, 5.74) is 4.15. The lowest BCUT2D eigenvalue weighted by atomic mass is 10.1. The third-order valence-electron chi connectivity index (χ3n) is 5.34. The molecular formula is C25H23FN4O2. The van der Waals surface area contributed by atoms with Gasteiger partial charge in [0.15, 0.2) is 0 Å². The van der Waals surface area contributed by atoms with Crippen LogP contribution in [0, 0.1) is 12.7 Å². The van der Waals surface area contributed by atoms with Crippen molar-refractivity contribution in [2.24, 2.45) is 7.05 Å². The number of aromatic nitrogens is 2. The number of imidazole rings is 1. The summed E-state index contributed by atoms with van der Waals surface area (Å²) in [6.45, 7) is 2.26. The Hall–Kier alpha value is -4.00. The number of nitrogens with one attached hydrogen (secondary N) is 2. The van der Waals surface area contributed by atoms with Crippen LogP contribution in [0.1, 0.15) is 32.1 Å². The van der Waals surface area contributed by atoms with Gasteiger partial charge in [-0.25, -0.2) is 9.37 Å². The lowest BCUT2D eigenvalue weighted by Gasteiger charge is -2.07. The molecule has 0 aliphatic heterocycles. The van der Waals surface area contributed by atoms with E-state index in [1.54, 1.807) is 12.1 Å². The van der Waals surface area contributed by atoms with E-state index in [2.05, 4.69) is 15.6 Å². The number of benzene rings is 3. The molecule has 4 rings (SSSR count). The molecular weight excluding hydrogens is 407 g/mol. The minimum Gasteiger partial charge on any atom is -0.352 e. The van der Waals surface area contributed by atoms with Crippen LogP contribution in [-0.4, -0.2) is 27.9 Å². The first-order valence-electron chi connectivity index (χ1n) is 10.3. The Morgan fingerprint density at radius 2 is 1.81 bits per heavy atom. The van der Waals surface area contributed by atoms with Gasteiger partial charge in [0.1, 0.15) is 11.6 Å². The number of aryl methyl sites for hydroxylation is 2. The Labute approximate surface area is 185 Å². The van der Waals surface area contributed by atoms with Gasteiger partial charge in [0.2, 0.25) is 0 Å². The molecule has 1 aromatic heterocycles. The van der Waals surface area contributed by atoms with E-state index in [1.165, 1.54) is 18.2 Å². The highest BCUT2D eigenvalue weighted by Gasteiger charge is 2.12. The van der Waals surface area contributed by atoms with Gasteiger partial charge in [-0.15, -0.1) is 0 Å². The molecule has 1 heterocycles. The number of carbonyl (C=O) groups is 2. The van der Waals surface area contributed by atoms with E-state index in [4.69, 9.17) is 0 Å². The molecule has 0 fully saturated rings. The van der Waals surface area contributed by atoms with E-state index in [0.29, 0.717) is 24.2 Å². The third kappa shape index (κ3) is 4.51. The van der Waals surface area contributed by atoms with Gasteiger partial charge in [-0.3, -0.25) is 9.59 Å². The van der Waals surface area contributed by atoms with E-state index >= 15 is 0 Å². The molecule has 0 aliphatic rings. The monoisotopic (exact) mass is 430 g/mol. The number of nitrogens with zero attached hydrogens (tertiary/aromatic N) is 2. The van der Waals surface area contributed by atoms with Crippen LogP contribution in [0.3, 0.4) is 0 Å². The molecule has 0 saturated heterocycles. The zero-order chi connectivity index (χ0) is 22.7. The van der Waals surface area contributed by atoms with Gasteiger partial charge in [0, 0.05) is 36.8 Å². The third-order valence-corrected chi connectivity index (χ3v) is 5.34.